The van der Waals surface area contributed by atoms with Crippen LogP contribution in [0.4, 0.5) is 0 Å². The molecule has 0 bridgehead atoms. The van der Waals surface area contributed by atoms with Crippen molar-refractivity contribution in [1.29, 1.82) is 0 Å². The lowest BCUT2D eigenvalue weighted by Crippen LogP contribution is -2.39. The first-order chi connectivity index (χ1) is 10.3. The van der Waals surface area contributed by atoms with Gasteiger partial charge in [-0.15, -0.1) is 0 Å². The summed E-state index contributed by atoms with van der Waals surface area (Å²) < 4.78 is 5.87. The van der Waals surface area contributed by atoms with Gasteiger partial charge in [-0.1, -0.05) is 43.3 Å². The summed E-state index contributed by atoms with van der Waals surface area (Å²) in [5.74, 6) is 1.74. The monoisotopic (exact) mass is 285 g/mol. The molecule has 0 radical (unpaired) electrons. The van der Waals surface area contributed by atoms with Gasteiger partial charge in [-0.3, -0.25) is 4.99 Å². The van der Waals surface area contributed by atoms with Crippen LogP contribution in [0.2, 0.25) is 0 Å². The van der Waals surface area contributed by atoms with Crippen molar-refractivity contribution in [3.8, 4) is 5.75 Å². The summed E-state index contributed by atoms with van der Waals surface area (Å²) in [4.78, 5) is 4.16. The van der Waals surface area contributed by atoms with E-state index in [4.69, 9.17) is 4.74 Å². The molecular formula is C17H23N3O. The van der Waals surface area contributed by atoms with Crippen LogP contribution < -0.4 is 15.4 Å². The largest absolute Gasteiger partial charge is 0.491 e. The van der Waals surface area contributed by atoms with E-state index in [1.807, 2.05) is 24.3 Å². The number of guanidine groups is 1. The first-order valence-corrected chi connectivity index (χ1v) is 7.40. The van der Waals surface area contributed by atoms with Crippen molar-refractivity contribution in [2.24, 2.45) is 4.99 Å². The van der Waals surface area contributed by atoms with Crippen LogP contribution >= 0.6 is 0 Å². The predicted octanol–water partition coefficient (Wildman–Crippen LogP) is 2.79. The van der Waals surface area contributed by atoms with Crippen molar-refractivity contribution < 1.29 is 4.74 Å². The molecule has 4 nitrogen and oxygen atoms in total. The average Bonchev–Trinajstić information content (AvgIpc) is 2.54. The van der Waals surface area contributed by atoms with Crippen molar-refractivity contribution >= 4 is 16.7 Å². The number of hydrogen-bond acceptors (Lipinski definition) is 2. The zero-order valence-corrected chi connectivity index (χ0v) is 12.7. The van der Waals surface area contributed by atoms with Crippen molar-refractivity contribution in [1.82, 2.24) is 10.6 Å². The van der Waals surface area contributed by atoms with E-state index < -0.39 is 0 Å². The van der Waals surface area contributed by atoms with E-state index in [0.29, 0.717) is 13.2 Å². The van der Waals surface area contributed by atoms with Crippen molar-refractivity contribution in [3.05, 3.63) is 42.5 Å². The summed E-state index contributed by atoms with van der Waals surface area (Å²) in [7, 11) is 1.77. The molecule has 0 heterocycles. The van der Waals surface area contributed by atoms with Crippen LogP contribution in [-0.2, 0) is 0 Å². The van der Waals surface area contributed by atoms with Gasteiger partial charge in [-0.05, 0) is 17.9 Å². The Kier molecular flexibility index (Phi) is 5.88. The minimum atomic E-state index is 0.598. The number of nitrogens with one attached hydrogen (secondary N) is 2. The first kappa shape index (κ1) is 15.2. The Hall–Kier alpha value is -2.23. The second-order valence-electron chi connectivity index (χ2n) is 4.75. The fourth-order valence-corrected chi connectivity index (χ4v) is 2.12. The number of nitrogens with zero attached hydrogens (tertiary/aromatic N) is 1. The first-order valence-electron chi connectivity index (χ1n) is 7.40. The van der Waals surface area contributed by atoms with Gasteiger partial charge >= 0.3 is 0 Å². The second-order valence-corrected chi connectivity index (χ2v) is 4.75. The maximum absolute atomic E-state index is 5.87. The fourth-order valence-electron chi connectivity index (χ4n) is 2.12. The molecule has 21 heavy (non-hydrogen) atoms. The van der Waals surface area contributed by atoms with Crippen molar-refractivity contribution in [2.75, 3.05) is 26.7 Å². The SMILES string of the molecule is CCCNC(=NC)NCCOc1cccc2ccccc12. The minimum Gasteiger partial charge on any atom is -0.491 e. The maximum Gasteiger partial charge on any atom is 0.191 e. The van der Waals surface area contributed by atoms with E-state index in [1.165, 1.54) is 5.39 Å². The van der Waals surface area contributed by atoms with Gasteiger partial charge in [0.1, 0.15) is 12.4 Å². The molecule has 0 fully saturated rings. The Morgan fingerprint density at radius 1 is 1.05 bits per heavy atom. The highest BCUT2D eigenvalue weighted by molar-refractivity contribution is 5.88. The highest BCUT2D eigenvalue weighted by atomic mass is 16.5. The number of rotatable bonds is 6. The highest BCUT2D eigenvalue weighted by Gasteiger charge is 2.01. The molecule has 112 valence electrons. The van der Waals surface area contributed by atoms with Gasteiger partial charge in [0.15, 0.2) is 5.96 Å². The molecule has 0 saturated heterocycles. The molecule has 0 aliphatic heterocycles. The average molecular weight is 285 g/mol. The molecule has 2 aromatic rings. The van der Waals surface area contributed by atoms with Gasteiger partial charge in [-0.2, -0.15) is 0 Å². The lowest BCUT2D eigenvalue weighted by atomic mass is 10.1. The van der Waals surface area contributed by atoms with Crippen LogP contribution in [0.25, 0.3) is 10.8 Å². The van der Waals surface area contributed by atoms with E-state index in [1.54, 1.807) is 7.05 Å². The molecule has 0 aromatic heterocycles. The lowest BCUT2D eigenvalue weighted by molar-refractivity contribution is 0.325. The summed E-state index contributed by atoms with van der Waals surface area (Å²) in [5.41, 5.74) is 0. The molecule has 2 rings (SSSR count). The number of ether oxygens (including phenoxy) is 1. The van der Waals surface area contributed by atoms with Gasteiger partial charge in [-0.25, -0.2) is 0 Å². The Morgan fingerprint density at radius 2 is 1.81 bits per heavy atom. The lowest BCUT2D eigenvalue weighted by Gasteiger charge is -2.12. The number of fused-ring (bicyclic) bond motifs is 1. The fraction of sp³-hybridized carbons (Fsp3) is 0.353. The van der Waals surface area contributed by atoms with Crippen LogP contribution in [0.15, 0.2) is 47.5 Å². The molecule has 0 saturated carbocycles. The highest BCUT2D eigenvalue weighted by Crippen LogP contribution is 2.24. The summed E-state index contributed by atoms with van der Waals surface area (Å²) in [6.45, 7) is 4.36. The molecule has 0 unspecified atom stereocenters. The van der Waals surface area contributed by atoms with E-state index in [-0.39, 0.29) is 0 Å². The third kappa shape index (κ3) is 4.38. The Morgan fingerprint density at radius 3 is 2.62 bits per heavy atom. The van der Waals surface area contributed by atoms with Crippen LogP contribution in [0, 0.1) is 0 Å². The second kappa shape index (κ2) is 8.15. The summed E-state index contributed by atoms with van der Waals surface area (Å²) in [6, 6.07) is 14.4. The molecule has 4 heteroatoms. The quantitative estimate of drug-likeness (QED) is 0.487. The molecule has 2 aromatic carbocycles. The van der Waals surface area contributed by atoms with Crippen molar-refractivity contribution in [2.45, 2.75) is 13.3 Å². The molecule has 0 aliphatic carbocycles. The van der Waals surface area contributed by atoms with E-state index in [2.05, 4.69) is 40.7 Å². The zero-order chi connectivity index (χ0) is 14.9. The minimum absolute atomic E-state index is 0.598. The smallest absolute Gasteiger partial charge is 0.191 e. The van der Waals surface area contributed by atoms with Crippen LogP contribution in [0.5, 0.6) is 5.75 Å². The maximum atomic E-state index is 5.87. The van der Waals surface area contributed by atoms with Crippen LogP contribution in [0.1, 0.15) is 13.3 Å². The molecule has 0 aliphatic rings. The van der Waals surface area contributed by atoms with Crippen LogP contribution in [0.3, 0.4) is 0 Å². The Bertz CT molecular complexity index is 590. The predicted molar refractivity (Wildman–Crippen MR) is 89.1 cm³/mol. The standard InChI is InChI=1S/C17H23N3O/c1-3-11-19-17(18-2)20-12-13-21-16-10-6-8-14-7-4-5-9-15(14)16/h4-10H,3,11-13H2,1-2H3,(H2,18,19,20). The summed E-state index contributed by atoms with van der Waals surface area (Å²) in [6.07, 6.45) is 1.08. The molecule has 0 spiro atoms. The third-order valence-corrected chi connectivity index (χ3v) is 3.17. The van der Waals surface area contributed by atoms with E-state index in [9.17, 15) is 0 Å². The van der Waals surface area contributed by atoms with Crippen molar-refractivity contribution in [3.63, 3.8) is 0 Å². The van der Waals surface area contributed by atoms with E-state index in [0.717, 1.165) is 30.1 Å². The number of hydrogen-bond donors (Lipinski definition) is 2. The molecular weight excluding hydrogens is 262 g/mol. The van der Waals surface area contributed by atoms with Gasteiger partial charge in [0.2, 0.25) is 0 Å². The molecule has 2 N–H and O–H groups in total. The third-order valence-electron chi connectivity index (χ3n) is 3.17. The summed E-state index contributed by atoms with van der Waals surface area (Å²) >= 11 is 0. The number of benzene rings is 2. The van der Waals surface area contributed by atoms with Crippen LogP contribution in [-0.4, -0.2) is 32.7 Å². The number of aliphatic imine (C=N–C) groups is 1. The zero-order valence-electron chi connectivity index (χ0n) is 12.7. The van der Waals surface area contributed by atoms with Gasteiger partial charge in [0.25, 0.3) is 0 Å². The molecule has 0 atom stereocenters. The normalized spacial score (nSPS) is 11.4. The topological polar surface area (TPSA) is 45.7 Å². The molecule has 0 amide bonds. The Labute approximate surface area is 126 Å². The van der Waals surface area contributed by atoms with Gasteiger partial charge < -0.3 is 15.4 Å². The Balaban J connectivity index is 1.85. The van der Waals surface area contributed by atoms with Gasteiger partial charge in [0, 0.05) is 19.0 Å². The van der Waals surface area contributed by atoms with Gasteiger partial charge in [0.05, 0.1) is 6.54 Å². The van der Waals surface area contributed by atoms with E-state index >= 15 is 0 Å². The summed E-state index contributed by atoms with van der Waals surface area (Å²) in [5, 5.41) is 8.81.